The Morgan fingerprint density at radius 1 is 1.41 bits per heavy atom. The Balaban J connectivity index is 1.89. The molecule has 1 atom stereocenters. The largest absolute Gasteiger partial charge is 0.481 e. The van der Waals surface area contributed by atoms with Gasteiger partial charge in [0.1, 0.15) is 0 Å². The van der Waals surface area contributed by atoms with Crippen molar-refractivity contribution in [2.75, 3.05) is 7.11 Å². The fraction of sp³-hybridized carbons (Fsp3) is 0.333. The Hall–Kier alpha value is -1.46. The third kappa shape index (κ3) is 3.25. The highest BCUT2D eigenvalue weighted by Gasteiger charge is 2.06. The predicted molar refractivity (Wildman–Crippen MR) is 68.2 cm³/mol. The van der Waals surface area contributed by atoms with Gasteiger partial charge in [0.2, 0.25) is 5.88 Å². The number of thiazole rings is 1. The molecule has 2 heterocycles. The zero-order chi connectivity index (χ0) is 12.1. The van der Waals surface area contributed by atoms with Gasteiger partial charge >= 0.3 is 0 Å². The van der Waals surface area contributed by atoms with E-state index < -0.39 is 0 Å². The van der Waals surface area contributed by atoms with Crippen molar-refractivity contribution in [1.82, 2.24) is 15.3 Å². The first-order chi connectivity index (χ1) is 8.29. The number of hydrogen-bond acceptors (Lipinski definition) is 5. The Morgan fingerprint density at radius 2 is 2.29 bits per heavy atom. The summed E-state index contributed by atoms with van der Waals surface area (Å²) in [5.74, 6) is 0.640. The standard InChI is InChI=1S/C12H15N3OS/c1-9(11-7-17-8-15-11)13-5-10-3-4-12(16-2)14-6-10/h3-4,6-9,13H,5H2,1-2H3. The first-order valence-corrected chi connectivity index (χ1v) is 6.34. The van der Waals surface area contributed by atoms with Crippen LogP contribution >= 0.6 is 11.3 Å². The van der Waals surface area contributed by atoms with E-state index in [1.54, 1.807) is 18.4 Å². The molecule has 0 aromatic carbocycles. The summed E-state index contributed by atoms with van der Waals surface area (Å²) in [6.07, 6.45) is 1.82. The van der Waals surface area contributed by atoms with Crippen molar-refractivity contribution < 1.29 is 4.74 Å². The summed E-state index contributed by atoms with van der Waals surface area (Å²) >= 11 is 1.61. The van der Waals surface area contributed by atoms with Crippen molar-refractivity contribution >= 4 is 11.3 Å². The molecule has 0 spiro atoms. The second kappa shape index (κ2) is 5.75. The molecule has 0 aliphatic rings. The highest BCUT2D eigenvalue weighted by molar-refractivity contribution is 7.07. The molecule has 4 nitrogen and oxygen atoms in total. The number of methoxy groups -OCH3 is 1. The number of rotatable bonds is 5. The third-order valence-corrected chi connectivity index (χ3v) is 3.12. The predicted octanol–water partition coefficient (Wildman–Crippen LogP) is 2.40. The van der Waals surface area contributed by atoms with E-state index in [0.717, 1.165) is 17.8 Å². The van der Waals surface area contributed by atoms with Gasteiger partial charge in [-0.05, 0) is 12.5 Å². The number of hydrogen-bond donors (Lipinski definition) is 1. The second-order valence-corrected chi connectivity index (χ2v) is 4.44. The Labute approximate surface area is 105 Å². The van der Waals surface area contributed by atoms with Crippen LogP contribution in [0.25, 0.3) is 0 Å². The van der Waals surface area contributed by atoms with Crippen LogP contribution in [0.5, 0.6) is 5.88 Å². The molecule has 90 valence electrons. The van der Waals surface area contributed by atoms with E-state index in [9.17, 15) is 0 Å². The maximum atomic E-state index is 5.01. The molecule has 0 bridgehead atoms. The van der Waals surface area contributed by atoms with Crippen molar-refractivity contribution in [3.63, 3.8) is 0 Å². The van der Waals surface area contributed by atoms with Crippen LogP contribution < -0.4 is 10.1 Å². The zero-order valence-corrected chi connectivity index (χ0v) is 10.7. The van der Waals surface area contributed by atoms with E-state index in [4.69, 9.17) is 4.74 Å². The highest BCUT2D eigenvalue weighted by Crippen LogP contribution is 2.13. The lowest BCUT2D eigenvalue weighted by molar-refractivity contribution is 0.397. The molecule has 5 heteroatoms. The van der Waals surface area contributed by atoms with Crippen LogP contribution in [0.4, 0.5) is 0 Å². The Bertz CT molecular complexity index is 441. The van der Waals surface area contributed by atoms with Crippen LogP contribution in [-0.4, -0.2) is 17.1 Å². The van der Waals surface area contributed by atoms with Crippen molar-refractivity contribution in [3.8, 4) is 5.88 Å². The maximum Gasteiger partial charge on any atom is 0.212 e. The number of nitrogens with zero attached hydrogens (tertiary/aromatic N) is 2. The molecule has 0 fully saturated rings. The summed E-state index contributed by atoms with van der Waals surface area (Å²) in [5, 5.41) is 5.46. The van der Waals surface area contributed by atoms with Gasteiger partial charge < -0.3 is 10.1 Å². The highest BCUT2D eigenvalue weighted by atomic mass is 32.1. The molecule has 0 aliphatic carbocycles. The average Bonchev–Trinajstić information content (AvgIpc) is 2.90. The molecule has 0 saturated heterocycles. The van der Waals surface area contributed by atoms with Gasteiger partial charge in [0.25, 0.3) is 0 Å². The van der Waals surface area contributed by atoms with Crippen molar-refractivity contribution in [1.29, 1.82) is 0 Å². The zero-order valence-electron chi connectivity index (χ0n) is 9.88. The lowest BCUT2D eigenvalue weighted by Crippen LogP contribution is -2.18. The van der Waals surface area contributed by atoms with Crippen LogP contribution in [0, 0.1) is 0 Å². The first-order valence-electron chi connectivity index (χ1n) is 5.40. The molecule has 17 heavy (non-hydrogen) atoms. The van der Waals surface area contributed by atoms with E-state index in [-0.39, 0.29) is 6.04 Å². The van der Waals surface area contributed by atoms with Crippen LogP contribution in [0.1, 0.15) is 24.2 Å². The van der Waals surface area contributed by atoms with E-state index in [1.807, 2.05) is 23.8 Å². The molecule has 2 rings (SSSR count). The monoisotopic (exact) mass is 249 g/mol. The average molecular weight is 249 g/mol. The van der Waals surface area contributed by atoms with Crippen molar-refractivity contribution in [3.05, 3.63) is 40.5 Å². The van der Waals surface area contributed by atoms with E-state index in [0.29, 0.717) is 5.88 Å². The number of ether oxygens (including phenoxy) is 1. The first kappa shape index (κ1) is 12.0. The van der Waals surface area contributed by atoms with Gasteiger partial charge in [-0.1, -0.05) is 6.07 Å². The van der Waals surface area contributed by atoms with Gasteiger partial charge in [-0.2, -0.15) is 0 Å². The van der Waals surface area contributed by atoms with E-state index in [1.165, 1.54) is 0 Å². The van der Waals surface area contributed by atoms with Gasteiger partial charge in [0, 0.05) is 30.2 Å². The number of nitrogens with one attached hydrogen (secondary N) is 1. The second-order valence-electron chi connectivity index (χ2n) is 3.72. The topological polar surface area (TPSA) is 47.0 Å². The van der Waals surface area contributed by atoms with Crippen LogP contribution in [0.3, 0.4) is 0 Å². The summed E-state index contributed by atoms with van der Waals surface area (Å²) in [6.45, 7) is 2.88. The molecule has 1 N–H and O–H groups in total. The van der Waals surface area contributed by atoms with Gasteiger partial charge in [0.15, 0.2) is 0 Å². The number of aromatic nitrogens is 2. The summed E-state index contributed by atoms with van der Waals surface area (Å²) in [6, 6.07) is 4.13. The SMILES string of the molecule is COc1ccc(CNC(C)c2cscn2)cn1. The molecule has 0 amide bonds. The smallest absolute Gasteiger partial charge is 0.212 e. The van der Waals surface area contributed by atoms with Gasteiger partial charge in [0.05, 0.1) is 18.3 Å². The normalized spacial score (nSPS) is 12.4. The third-order valence-electron chi connectivity index (χ3n) is 2.51. The minimum absolute atomic E-state index is 0.253. The lowest BCUT2D eigenvalue weighted by atomic mass is 10.2. The van der Waals surface area contributed by atoms with Crippen LogP contribution in [0.15, 0.2) is 29.2 Å². The molecule has 0 saturated carbocycles. The van der Waals surface area contributed by atoms with E-state index >= 15 is 0 Å². The fourth-order valence-electron chi connectivity index (χ4n) is 1.45. The Morgan fingerprint density at radius 3 is 2.88 bits per heavy atom. The molecule has 0 radical (unpaired) electrons. The van der Waals surface area contributed by atoms with Gasteiger partial charge in [-0.25, -0.2) is 9.97 Å². The fourth-order valence-corrected chi connectivity index (χ4v) is 2.10. The summed E-state index contributed by atoms with van der Waals surface area (Å²) in [5.41, 5.74) is 4.06. The van der Waals surface area contributed by atoms with E-state index in [2.05, 4.69) is 27.6 Å². The maximum absolute atomic E-state index is 5.01. The quantitative estimate of drug-likeness (QED) is 0.884. The minimum atomic E-state index is 0.253. The van der Waals surface area contributed by atoms with Crippen LogP contribution in [0.2, 0.25) is 0 Å². The molecular weight excluding hydrogens is 234 g/mol. The molecule has 2 aromatic rings. The van der Waals surface area contributed by atoms with Gasteiger partial charge in [-0.15, -0.1) is 11.3 Å². The Kier molecular flexibility index (Phi) is 4.06. The minimum Gasteiger partial charge on any atom is -0.481 e. The molecule has 1 unspecified atom stereocenters. The molecular formula is C12H15N3OS. The van der Waals surface area contributed by atoms with Crippen molar-refractivity contribution in [2.45, 2.75) is 19.5 Å². The summed E-state index contributed by atoms with van der Waals surface area (Å²) in [4.78, 5) is 8.44. The summed E-state index contributed by atoms with van der Waals surface area (Å²) in [7, 11) is 1.62. The van der Waals surface area contributed by atoms with Gasteiger partial charge in [-0.3, -0.25) is 0 Å². The van der Waals surface area contributed by atoms with Crippen LogP contribution in [-0.2, 0) is 6.54 Å². The molecule has 0 aliphatic heterocycles. The van der Waals surface area contributed by atoms with Crippen molar-refractivity contribution in [2.24, 2.45) is 0 Å². The molecule has 2 aromatic heterocycles. The number of pyridine rings is 1. The summed E-state index contributed by atoms with van der Waals surface area (Å²) < 4.78 is 5.01. The lowest BCUT2D eigenvalue weighted by Gasteiger charge is -2.11.